The second-order valence-electron chi connectivity index (χ2n) is 6.15. The van der Waals surface area contributed by atoms with Crippen LogP contribution < -0.4 is 11.1 Å². The highest BCUT2D eigenvalue weighted by Gasteiger charge is 2.16. The Kier molecular flexibility index (Phi) is 3.96. The fraction of sp³-hybridized carbons (Fsp3) is 0. The number of benzene rings is 3. The predicted molar refractivity (Wildman–Crippen MR) is 107 cm³/mol. The fourth-order valence-corrected chi connectivity index (χ4v) is 3.00. The maximum atomic E-state index is 11.1. The highest BCUT2D eigenvalue weighted by atomic mass is 16.6. The Labute approximate surface area is 157 Å². The van der Waals surface area contributed by atoms with Gasteiger partial charge in [0.2, 0.25) is 0 Å². The molecule has 0 aliphatic carbocycles. The number of nitrogen functional groups attached to an aromatic ring is 1. The highest BCUT2D eigenvalue weighted by molar-refractivity contribution is 6.09. The Morgan fingerprint density at radius 3 is 1.75 bits per heavy atom. The van der Waals surface area contributed by atoms with Crippen LogP contribution >= 0.6 is 0 Å². The lowest BCUT2D eigenvalue weighted by Crippen LogP contribution is -1.97. The molecule has 1 aromatic heterocycles. The molecule has 9 nitrogen and oxygen atoms in total. The second-order valence-corrected chi connectivity index (χ2v) is 6.15. The molecule has 0 fully saturated rings. The molecule has 0 spiro atoms. The Morgan fingerprint density at radius 1 is 0.786 bits per heavy atom. The first-order chi connectivity index (χ1) is 13.4. The lowest BCUT2D eigenvalue weighted by Gasteiger charge is -2.13. The van der Waals surface area contributed by atoms with Gasteiger partial charge in [0.15, 0.2) is 0 Å². The van der Waals surface area contributed by atoms with Crippen LogP contribution in [0.4, 0.5) is 28.4 Å². The first-order valence-electron chi connectivity index (χ1n) is 8.21. The van der Waals surface area contributed by atoms with Gasteiger partial charge in [0, 0.05) is 46.4 Å². The second kappa shape index (κ2) is 6.47. The molecule has 0 unspecified atom stereocenters. The van der Waals surface area contributed by atoms with Crippen molar-refractivity contribution in [3.8, 4) is 0 Å². The predicted octanol–water partition coefficient (Wildman–Crippen LogP) is 4.53. The number of nitrogens with two attached hydrogens (primary N) is 1. The number of anilines is 3. The number of non-ortho nitro benzene ring substituents is 2. The zero-order chi connectivity index (χ0) is 19.8. The molecule has 9 heteroatoms. The summed E-state index contributed by atoms with van der Waals surface area (Å²) in [6, 6.07) is 15.8. The minimum absolute atomic E-state index is 0.108. The number of hydrogen-bond acceptors (Lipinski definition) is 7. The van der Waals surface area contributed by atoms with E-state index < -0.39 is 9.85 Å². The van der Waals surface area contributed by atoms with Crippen LogP contribution in [0.2, 0.25) is 0 Å². The first-order valence-corrected chi connectivity index (χ1v) is 8.21. The molecule has 28 heavy (non-hydrogen) atoms. The summed E-state index contributed by atoms with van der Waals surface area (Å²) in [6.07, 6.45) is 0. The van der Waals surface area contributed by atoms with Crippen molar-refractivity contribution in [2.24, 2.45) is 0 Å². The van der Waals surface area contributed by atoms with E-state index in [4.69, 9.17) is 5.73 Å². The van der Waals surface area contributed by atoms with Gasteiger partial charge in [-0.3, -0.25) is 20.2 Å². The minimum Gasteiger partial charge on any atom is -0.399 e. The number of pyridine rings is 1. The van der Waals surface area contributed by atoms with E-state index in [9.17, 15) is 20.2 Å². The number of rotatable bonds is 4. The van der Waals surface area contributed by atoms with Crippen molar-refractivity contribution in [3.63, 3.8) is 0 Å². The van der Waals surface area contributed by atoms with Gasteiger partial charge in [-0.05, 0) is 36.4 Å². The summed E-state index contributed by atoms with van der Waals surface area (Å²) in [6.45, 7) is 0. The molecule has 138 valence electrons. The van der Waals surface area contributed by atoms with E-state index in [1.54, 1.807) is 36.4 Å². The number of aromatic nitrogens is 1. The van der Waals surface area contributed by atoms with Crippen molar-refractivity contribution in [2.45, 2.75) is 0 Å². The zero-order valence-corrected chi connectivity index (χ0v) is 14.3. The van der Waals surface area contributed by atoms with Gasteiger partial charge < -0.3 is 11.1 Å². The summed E-state index contributed by atoms with van der Waals surface area (Å²) in [4.78, 5) is 25.6. The molecule has 4 aromatic rings. The van der Waals surface area contributed by atoms with Crippen molar-refractivity contribution in [3.05, 3.63) is 80.9 Å². The van der Waals surface area contributed by atoms with Gasteiger partial charge in [0.05, 0.1) is 26.6 Å². The van der Waals surface area contributed by atoms with Gasteiger partial charge in [-0.1, -0.05) is 0 Å². The molecule has 0 saturated carbocycles. The zero-order valence-electron chi connectivity index (χ0n) is 14.3. The van der Waals surface area contributed by atoms with E-state index in [1.165, 1.54) is 24.3 Å². The quantitative estimate of drug-likeness (QED) is 0.231. The fourth-order valence-electron chi connectivity index (χ4n) is 3.00. The summed E-state index contributed by atoms with van der Waals surface area (Å²) in [5.74, 6) is 0. The summed E-state index contributed by atoms with van der Waals surface area (Å²) < 4.78 is 0. The van der Waals surface area contributed by atoms with Gasteiger partial charge >= 0.3 is 0 Å². The van der Waals surface area contributed by atoms with Gasteiger partial charge in [-0.15, -0.1) is 0 Å². The Balaban J connectivity index is 2.00. The Bertz CT molecular complexity index is 1180. The molecule has 0 bridgehead atoms. The molecule has 0 aliphatic rings. The van der Waals surface area contributed by atoms with E-state index in [0.29, 0.717) is 33.2 Å². The van der Waals surface area contributed by atoms with Crippen LogP contribution in [0, 0.1) is 20.2 Å². The molecule has 0 atom stereocenters. The lowest BCUT2D eigenvalue weighted by atomic mass is 10.1. The van der Waals surface area contributed by atoms with Crippen LogP contribution in [-0.2, 0) is 0 Å². The van der Waals surface area contributed by atoms with Crippen LogP contribution in [0.1, 0.15) is 0 Å². The molecule has 0 saturated heterocycles. The number of hydrogen-bond donors (Lipinski definition) is 2. The van der Waals surface area contributed by atoms with Crippen LogP contribution in [0.3, 0.4) is 0 Å². The third-order valence-corrected chi connectivity index (χ3v) is 4.34. The third kappa shape index (κ3) is 3.01. The first kappa shape index (κ1) is 17.2. The van der Waals surface area contributed by atoms with Crippen molar-refractivity contribution < 1.29 is 9.85 Å². The number of nitro groups is 2. The van der Waals surface area contributed by atoms with Gasteiger partial charge in [-0.25, -0.2) is 4.98 Å². The molecule has 0 aliphatic heterocycles. The number of fused-ring (bicyclic) bond motifs is 2. The van der Waals surface area contributed by atoms with Crippen LogP contribution in [0.25, 0.3) is 21.8 Å². The van der Waals surface area contributed by atoms with Crippen LogP contribution in [-0.4, -0.2) is 14.8 Å². The number of nitrogens with one attached hydrogen (secondary N) is 1. The maximum absolute atomic E-state index is 11.1. The molecular formula is C19H13N5O4. The van der Waals surface area contributed by atoms with Crippen LogP contribution in [0.5, 0.6) is 0 Å². The molecule has 0 radical (unpaired) electrons. The smallest absolute Gasteiger partial charge is 0.271 e. The molecular weight excluding hydrogens is 362 g/mol. The summed E-state index contributed by atoms with van der Waals surface area (Å²) in [5, 5.41) is 26.8. The third-order valence-electron chi connectivity index (χ3n) is 4.34. The van der Waals surface area contributed by atoms with Gasteiger partial charge in [0.1, 0.15) is 0 Å². The van der Waals surface area contributed by atoms with Crippen molar-refractivity contribution in [1.82, 2.24) is 4.98 Å². The Hall–Kier alpha value is -4.27. The summed E-state index contributed by atoms with van der Waals surface area (Å²) >= 11 is 0. The molecule has 4 rings (SSSR count). The molecule has 3 aromatic carbocycles. The normalized spacial score (nSPS) is 10.9. The molecule has 1 heterocycles. The van der Waals surface area contributed by atoms with Crippen molar-refractivity contribution in [2.75, 3.05) is 11.1 Å². The maximum Gasteiger partial charge on any atom is 0.271 e. The van der Waals surface area contributed by atoms with Gasteiger partial charge in [-0.2, -0.15) is 0 Å². The van der Waals surface area contributed by atoms with E-state index >= 15 is 0 Å². The average Bonchev–Trinajstić information content (AvgIpc) is 2.68. The SMILES string of the molecule is Nc1ccc(Nc2c3ccc([N+](=O)[O-])cc3nc3cc([N+](=O)[O-])ccc23)cc1. The minimum atomic E-state index is -0.508. The van der Waals surface area contributed by atoms with E-state index in [2.05, 4.69) is 10.3 Å². The van der Waals surface area contributed by atoms with E-state index in [1.807, 2.05) is 0 Å². The number of nitro benzene ring substituents is 2. The topological polar surface area (TPSA) is 137 Å². The highest BCUT2D eigenvalue weighted by Crippen LogP contribution is 2.36. The van der Waals surface area contributed by atoms with Gasteiger partial charge in [0.25, 0.3) is 11.4 Å². The molecule has 0 amide bonds. The van der Waals surface area contributed by atoms with E-state index in [-0.39, 0.29) is 11.4 Å². The van der Waals surface area contributed by atoms with Crippen molar-refractivity contribution in [1.29, 1.82) is 0 Å². The average molecular weight is 375 g/mol. The van der Waals surface area contributed by atoms with Crippen molar-refractivity contribution >= 4 is 50.2 Å². The standard InChI is InChI=1S/C19H13N5O4/c20-11-1-3-12(4-2-11)21-19-15-7-5-13(23(25)26)9-17(15)22-18-10-14(24(27)28)6-8-16(18)19/h1-10H,20H2,(H,21,22). The monoisotopic (exact) mass is 375 g/mol. The molecule has 3 N–H and O–H groups in total. The van der Waals surface area contributed by atoms with Crippen LogP contribution in [0.15, 0.2) is 60.7 Å². The number of nitrogens with zero attached hydrogens (tertiary/aromatic N) is 3. The summed E-state index contributed by atoms with van der Waals surface area (Å²) in [5.41, 5.74) is 8.24. The van der Waals surface area contributed by atoms with E-state index in [0.717, 1.165) is 5.69 Å². The Morgan fingerprint density at radius 2 is 1.29 bits per heavy atom. The largest absolute Gasteiger partial charge is 0.399 e. The lowest BCUT2D eigenvalue weighted by molar-refractivity contribution is -0.384. The summed E-state index contributed by atoms with van der Waals surface area (Å²) in [7, 11) is 0.